The Morgan fingerprint density at radius 2 is 1.85 bits per heavy atom. The van der Waals surface area contributed by atoms with E-state index in [4.69, 9.17) is 23.2 Å². The van der Waals surface area contributed by atoms with Crippen LogP contribution in [-0.2, 0) is 11.2 Å². The fraction of sp³-hybridized carbons (Fsp3) is 0.333. The molecule has 0 aliphatic carbocycles. The summed E-state index contributed by atoms with van der Waals surface area (Å²) in [5.74, 6) is -0.0797. The third kappa shape index (κ3) is 4.82. The van der Waals surface area contributed by atoms with Gasteiger partial charge in [0.05, 0.1) is 0 Å². The predicted octanol–water partition coefficient (Wildman–Crippen LogP) is 5.11. The molecular formula is C21H22Cl2N2O2. The van der Waals surface area contributed by atoms with Gasteiger partial charge < -0.3 is 10.2 Å². The molecule has 2 aromatic rings. The third-order valence-corrected chi connectivity index (χ3v) is 5.46. The number of rotatable bonds is 5. The summed E-state index contributed by atoms with van der Waals surface area (Å²) in [6.45, 7) is 3.47. The first kappa shape index (κ1) is 19.7. The number of nitrogens with zero attached hydrogens (tertiary/aromatic N) is 1. The first-order valence-electron chi connectivity index (χ1n) is 9.08. The highest BCUT2D eigenvalue weighted by atomic mass is 35.5. The number of halogens is 2. The topological polar surface area (TPSA) is 49.4 Å². The molecule has 0 radical (unpaired) electrons. The normalized spacial score (nSPS) is 13.7. The molecular weight excluding hydrogens is 383 g/mol. The number of hydrogen-bond donors (Lipinski definition) is 1. The molecule has 0 spiro atoms. The second-order valence-corrected chi connectivity index (χ2v) is 7.60. The zero-order valence-corrected chi connectivity index (χ0v) is 16.7. The Labute approximate surface area is 169 Å². The van der Waals surface area contributed by atoms with Crippen LogP contribution in [0.5, 0.6) is 0 Å². The van der Waals surface area contributed by atoms with E-state index in [1.165, 1.54) is 0 Å². The molecule has 1 aliphatic rings. The van der Waals surface area contributed by atoms with Gasteiger partial charge in [0.25, 0.3) is 5.91 Å². The van der Waals surface area contributed by atoms with Crippen LogP contribution in [0.1, 0.15) is 40.7 Å². The molecule has 3 rings (SSSR count). The minimum atomic E-state index is -0.116. The number of aryl methyl sites for hydroxylation is 1. The van der Waals surface area contributed by atoms with Gasteiger partial charge in [-0.05, 0) is 61.6 Å². The van der Waals surface area contributed by atoms with E-state index >= 15 is 0 Å². The van der Waals surface area contributed by atoms with Crippen LogP contribution in [-0.4, -0.2) is 29.8 Å². The molecule has 6 heteroatoms. The Kier molecular flexibility index (Phi) is 6.40. The number of amides is 2. The van der Waals surface area contributed by atoms with Crippen molar-refractivity contribution in [2.75, 3.05) is 18.4 Å². The number of carbonyl (C=O) groups excluding carboxylic acids is 2. The van der Waals surface area contributed by atoms with Gasteiger partial charge in [-0.2, -0.15) is 0 Å². The van der Waals surface area contributed by atoms with Crippen molar-refractivity contribution in [1.82, 2.24) is 4.90 Å². The summed E-state index contributed by atoms with van der Waals surface area (Å²) in [6.07, 6.45) is 2.92. The Hall–Kier alpha value is -2.04. The smallest absolute Gasteiger partial charge is 0.254 e. The average molecular weight is 405 g/mol. The van der Waals surface area contributed by atoms with Crippen molar-refractivity contribution in [3.05, 3.63) is 63.1 Å². The lowest BCUT2D eigenvalue weighted by Gasteiger charge is -2.18. The number of hydrogen-bond acceptors (Lipinski definition) is 2. The number of anilines is 1. The molecule has 0 atom stereocenters. The van der Waals surface area contributed by atoms with Crippen LogP contribution in [0.15, 0.2) is 36.4 Å². The van der Waals surface area contributed by atoms with Crippen molar-refractivity contribution in [2.24, 2.45) is 0 Å². The molecule has 2 aromatic carbocycles. The van der Waals surface area contributed by atoms with E-state index in [0.717, 1.165) is 37.1 Å². The summed E-state index contributed by atoms with van der Waals surface area (Å²) in [5.41, 5.74) is 3.00. The van der Waals surface area contributed by atoms with E-state index in [1.54, 1.807) is 12.1 Å². The Morgan fingerprint density at radius 3 is 2.56 bits per heavy atom. The van der Waals surface area contributed by atoms with Crippen molar-refractivity contribution in [2.45, 2.75) is 32.6 Å². The molecule has 1 N–H and O–H groups in total. The highest BCUT2D eigenvalue weighted by Crippen LogP contribution is 2.24. The molecule has 1 saturated heterocycles. The van der Waals surface area contributed by atoms with Gasteiger partial charge in [0.15, 0.2) is 0 Å². The third-order valence-electron chi connectivity index (χ3n) is 4.87. The first-order chi connectivity index (χ1) is 13.0. The van der Waals surface area contributed by atoms with E-state index in [1.807, 2.05) is 36.1 Å². The van der Waals surface area contributed by atoms with Gasteiger partial charge in [0, 0.05) is 40.8 Å². The van der Waals surface area contributed by atoms with Gasteiger partial charge in [0.1, 0.15) is 0 Å². The summed E-state index contributed by atoms with van der Waals surface area (Å²) in [5, 5.41) is 4.05. The van der Waals surface area contributed by atoms with Crippen LogP contribution in [0.3, 0.4) is 0 Å². The van der Waals surface area contributed by atoms with Crippen LogP contribution in [0.2, 0.25) is 10.0 Å². The lowest BCUT2D eigenvalue weighted by atomic mass is 10.0. The minimum absolute atomic E-state index is 0.0362. The summed E-state index contributed by atoms with van der Waals surface area (Å²) < 4.78 is 0. The van der Waals surface area contributed by atoms with E-state index in [-0.39, 0.29) is 11.8 Å². The first-order valence-corrected chi connectivity index (χ1v) is 9.84. The average Bonchev–Trinajstić information content (AvgIpc) is 3.17. The molecule has 2 amide bonds. The molecule has 0 saturated carbocycles. The van der Waals surface area contributed by atoms with Crippen LogP contribution >= 0.6 is 23.2 Å². The second-order valence-electron chi connectivity index (χ2n) is 6.76. The van der Waals surface area contributed by atoms with Gasteiger partial charge in [-0.3, -0.25) is 9.59 Å². The fourth-order valence-corrected chi connectivity index (χ4v) is 3.78. The van der Waals surface area contributed by atoms with E-state index in [9.17, 15) is 9.59 Å². The van der Waals surface area contributed by atoms with Gasteiger partial charge in [-0.1, -0.05) is 35.3 Å². The molecule has 1 aliphatic heterocycles. The molecule has 4 nitrogen and oxygen atoms in total. The fourth-order valence-electron chi connectivity index (χ4n) is 3.28. The molecule has 1 heterocycles. The maximum Gasteiger partial charge on any atom is 0.254 e. The van der Waals surface area contributed by atoms with Gasteiger partial charge in [-0.15, -0.1) is 0 Å². The van der Waals surface area contributed by atoms with Gasteiger partial charge >= 0.3 is 0 Å². The lowest BCUT2D eigenvalue weighted by Crippen LogP contribution is -2.28. The summed E-state index contributed by atoms with van der Waals surface area (Å²) in [7, 11) is 0. The van der Waals surface area contributed by atoms with Crippen molar-refractivity contribution < 1.29 is 9.59 Å². The monoisotopic (exact) mass is 404 g/mol. The zero-order chi connectivity index (χ0) is 19.4. The Balaban J connectivity index is 1.65. The van der Waals surface area contributed by atoms with Crippen LogP contribution in [0, 0.1) is 6.92 Å². The van der Waals surface area contributed by atoms with E-state index in [2.05, 4.69) is 5.32 Å². The highest BCUT2D eigenvalue weighted by molar-refractivity contribution is 6.35. The van der Waals surface area contributed by atoms with Gasteiger partial charge in [0.2, 0.25) is 5.91 Å². The molecule has 0 bridgehead atoms. The van der Waals surface area contributed by atoms with E-state index < -0.39 is 0 Å². The van der Waals surface area contributed by atoms with Crippen molar-refractivity contribution in [3.63, 3.8) is 0 Å². The predicted molar refractivity (Wildman–Crippen MR) is 110 cm³/mol. The summed E-state index contributed by atoms with van der Waals surface area (Å²) in [4.78, 5) is 26.9. The molecule has 1 fully saturated rings. The largest absolute Gasteiger partial charge is 0.339 e. The van der Waals surface area contributed by atoms with Gasteiger partial charge in [-0.25, -0.2) is 0 Å². The van der Waals surface area contributed by atoms with Crippen molar-refractivity contribution >= 4 is 40.7 Å². The summed E-state index contributed by atoms with van der Waals surface area (Å²) >= 11 is 12.1. The van der Waals surface area contributed by atoms with Crippen molar-refractivity contribution in [1.29, 1.82) is 0 Å². The minimum Gasteiger partial charge on any atom is -0.339 e. The molecule has 27 heavy (non-hydrogen) atoms. The number of nitrogens with one attached hydrogen (secondary N) is 1. The van der Waals surface area contributed by atoms with Crippen molar-refractivity contribution in [3.8, 4) is 0 Å². The lowest BCUT2D eigenvalue weighted by molar-refractivity contribution is -0.116. The maximum absolute atomic E-state index is 12.7. The molecule has 0 unspecified atom stereocenters. The summed E-state index contributed by atoms with van der Waals surface area (Å²) in [6, 6.07) is 10.7. The number of benzene rings is 2. The Bertz CT molecular complexity index is 861. The van der Waals surface area contributed by atoms with Crippen LogP contribution < -0.4 is 5.32 Å². The standard InChI is InChI=1S/C21H22Cl2N2O2/c1-14-17(21(27)25-11-2-3-12-25)5-4-6-19(14)24-20(26)10-8-15-7-9-16(22)13-18(15)23/h4-7,9,13H,2-3,8,10-12H2,1H3,(H,24,26). The Morgan fingerprint density at radius 1 is 1.11 bits per heavy atom. The molecule has 142 valence electrons. The second kappa shape index (κ2) is 8.77. The van der Waals surface area contributed by atoms with E-state index in [0.29, 0.717) is 34.1 Å². The number of carbonyl (C=O) groups is 2. The quantitative estimate of drug-likeness (QED) is 0.752. The van der Waals surface area contributed by atoms with Crippen LogP contribution in [0.4, 0.5) is 5.69 Å². The highest BCUT2D eigenvalue weighted by Gasteiger charge is 2.22. The zero-order valence-electron chi connectivity index (χ0n) is 15.2. The maximum atomic E-state index is 12.7. The number of likely N-dealkylation sites (tertiary alicyclic amines) is 1. The molecule has 0 aromatic heterocycles. The van der Waals surface area contributed by atoms with Crippen LogP contribution in [0.25, 0.3) is 0 Å². The SMILES string of the molecule is Cc1c(NC(=O)CCc2ccc(Cl)cc2Cl)cccc1C(=O)N1CCCC1.